The van der Waals surface area contributed by atoms with Crippen molar-refractivity contribution in [2.45, 2.75) is 32.9 Å². The van der Waals surface area contributed by atoms with Crippen LogP contribution in [-0.4, -0.2) is 18.5 Å². The van der Waals surface area contributed by atoms with Gasteiger partial charge in [0.1, 0.15) is 0 Å². The number of hydrogen-bond acceptors (Lipinski definition) is 1. The van der Waals surface area contributed by atoms with Crippen LogP contribution < -0.4 is 0 Å². The smallest absolute Gasteiger partial charge is 0.273 e. The van der Waals surface area contributed by atoms with Crippen LogP contribution in [0.2, 0.25) is 6.55 Å². The lowest BCUT2D eigenvalue weighted by molar-refractivity contribution is 0.0238. The molecule has 0 N–H and O–H groups in total. The highest BCUT2D eigenvalue weighted by Crippen LogP contribution is 2.17. The lowest BCUT2D eigenvalue weighted by Gasteiger charge is -2.22. The predicted octanol–water partition coefficient (Wildman–Crippen LogP) is 2.89. The third-order valence-corrected chi connectivity index (χ3v) is 2.06. The van der Waals surface area contributed by atoms with Gasteiger partial charge in [-0.15, -0.1) is 22.2 Å². The second kappa shape index (κ2) is 3.44. The molecule has 0 heterocycles. The van der Waals surface area contributed by atoms with Crippen LogP contribution in [0.5, 0.6) is 0 Å². The van der Waals surface area contributed by atoms with Crippen molar-refractivity contribution in [2.75, 3.05) is 6.23 Å². The first kappa shape index (κ1) is 10.8. The first-order valence-corrected chi connectivity index (χ1v) is 7.96. The molecule has 0 saturated carbocycles. The monoisotopic (exact) mass is 200 g/mol. The zero-order valence-electron chi connectivity index (χ0n) is 6.87. The quantitative estimate of drug-likeness (QED) is 0.493. The summed E-state index contributed by atoms with van der Waals surface area (Å²) >= 11 is 11.6. The van der Waals surface area contributed by atoms with E-state index < -0.39 is 6.69 Å². The van der Waals surface area contributed by atoms with Gasteiger partial charge in [0.15, 0.2) is 0 Å². The van der Waals surface area contributed by atoms with Gasteiger partial charge in [0.2, 0.25) is 0 Å². The zero-order valence-corrected chi connectivity index (χ0v) is 9.38. The van der Waals surface area contributed by atoms with Crippen LogP contribution >= 0.6 is 22.2 Å². The SMILES string of the molecule is CC(C)(C)OC[Si](C)(Cl)Cl. The van der Waals surface area contributed by atoms with E-state index in [-0.39, 0.29) is 5.60 Å². The van der Waals surface area contributed by atoms with Crippen molar-refractivity contribution in [1.82, 2.24) is 0 Å². The number of rotatable bonds is 2. The highest BCUT2D eigenvalue weighted by molar-refractivity contribution is 7.44. The molecule has 0 atom stereocenters. The van der Waals surface area contributed by atoms with Gasteiger partial charge in [-0.25, -0.2) is 0 Å². The van der Waals surface area contributed by atoms with Crippen LogP contribution in [0.25, 0.3) is 0 Å². The molecule has 0 aromatic heterocycles. The van der Waals surface area contributed by atoms with Crippen molar-refractivity contribution < 1.29 is 4.74 Å². The predicted molar refractivity (Wildman–Crippen MR) is 49.0 cm³/mol. The van der Waals surface area contributed by atoms with Crippen molar-refractivity contribution in [2.24, 2.45) is 0 Å². The highest BCUT2D eigenvalue weighted by atomic mass is 35.7. The molecule has 0 aliphatic heterocycles. The van der Waals surface area contributed by atoms with Crippen LogP contribution in [0.3, 0.4) is 0 Å². The van der Waals surface area contributed by atoms with Crippen molar-refractivity contribution in [3.05, 3.63) is 0 Å². The van der Waals surface area contributed by atoms with E-state index in [1.807, 2.05) is 27.3 Å². The summed E-state index contributed by atoms with van der Waals surface area (Å²) in [6, 6.07) is 0. The molecule has 0 fully saturated rings. The normalized spacial score (nSPS) is 13.8. The Morgan fingerprint density at radius 2 is 1.70 bits per heavy atom. The topological polar surface area (TPSA) is 9.23 Å². The molecule has 0 spiro atoms. The van der Waals surface area contributed by atoms with Gasteiger partial charge in [-0.05, 0) is 27.3 Å². The molecule has 0 radical (unpaired) electrons. The molecule has 0 bridgehead atoms. The second-order valence-corrected chi connectivity index (χ2v) is 11.5. The van der Waals surface area contributed by atoms with Crippen molar-refractivity contribution >= 4 is 28.9 Å². The molecule has 0 saturated heterocycles. The fraction of sp³-hybridized carbons (Fsp3) is 1.00. The van der Waals surface area contributed by atoms with Gasteiger partial charge in [-0.1, -0.05) is 0 Å². The van der Waals surface area contributed by atoms with Crippen molar-refractivity contribution in [3.63, 3.8) is 0 Å². The van der Waals surface area contributed by atoms with Crippen molar-refractivity contribution in [1.29, 1.82) is 0 Å². The summed E-state index contributed by atoms with van der Waals surface area (Å²) in [5.41, 5.74) is -0.127. The molecule has 10 heavy (non-hydrogen) atoms. The van der Waals surface area contributed by atoms with E-state index in [1.54, 1.807) is 0 Å². The maximum absolute atomic E-state index is 5.82. The van der Waals surface area contributed by atoms with Gasteiger partial charge in [-0.3, -0.25) is 0 Å². The standard InChI is InChI=1S/C6H14Cl2OSi/c1-6(2,3)9-5-10(4,7)8/h5H2,1-4H3. The van der Waals surface area contributed by atoms with E-state index >= 15 is 0 Å². The van der Waals surface area contributed by atoms with E-state index in [0.29, 0.717) is 6.23 Å². The average Bonchev–Trinajstić information content (AvgIpc) is 1.57. The Morgan fingerprint density at radius 3 is 1.80 bits per heavy atom. The molecule has 0 aromatic rings. The van der Waals surface area contributed by atoms with Gasteiger partial charge >= 0.3 is 0 Å². The summed E-state index contributed by atoms with van der Waals surface area (Å²) in [5, 5.41) is 0. The van der Waals surface area contributed by atoms with E-state index in [9.17, 15) is 0 Å². The van der Waals surface area contributed by atoms with Crippen molar-refractivity contribution in [3.8, 4) is 0 Å². The van der Waals surface area contributed by atoms with E-state index in [4.69, 9.17) is 26.9 Å². The summed E-state index contributed by atoms with van der Waals surface area (Å²) in [6.45, 7) is 5.77. The highest BCUT2D eigenvalue weighted by Gasteiger charge is 2.24. The van der Waals surface area contributed by atoms with Gasteiger partial charge < -0.3 is 4.74 Å². The minimum absolute atomic E-state index is 0.127. The lowest BCUT2D eigenvalue weighted by Crippen LogP contribution is -2.30. The number of ether oxygens (including phenoxy) is 1. The van der Waals surface area contributed by atoms with Gasteiger partial charge in [0.05, 0.1) is 11.8 Å². The molecule has 0 amide bonds. The first-order chi connectivity index (χ1) is 4.21. The van der Waals surface area contributed by atoms with Crippen LogP contribution in [0.1, 0.15) is 20.8 Å². The van der Waals surface area contributed by atoms with Gasteiger partial charge in [0.25, 0.3) is 6.69 Å². The van der Waals surface area contributed by atoms with Gasteiger partial charge in [-0.2, -0.15) is 0 Å². The van der Waals surface area contributed by atoms with Crippen LogP contribution in [0.15, 0.2) is 0 Å². The molecular formula is C6H14Cl2OSi. The minimum Gasteiger partial charge on any atom is -0.376 e. The summed E-state index contributed by atoms with van der Waals surface area (Å²) in [4.78, 5) is 0. The summed E-state index contributed by atoms with van der Waals surface area (Å²) in [6.07, 6.45) is 0.500. The van der Waals surface area contributed by atoms with E-state index in [0.717, 1.165) is 0 Å². The lowest BCUT2D eigenvalue weighted by atomic mass is 10.2. The largest absolute Gasteiger partial charge is 0.376 e. The first-order valence-electron chi connectivity index (χ1n) is 3.22. The number of halogens is 2. The van der Waals surface area contributed by atoms with Crippen LogP contribution in [0.4, 0.5) is 0 Å². The Kier molecular flexibility index (Phi) is 3.70. The maximum Gasteiger partial charge on any atom is 0.273 e. The molecule has 0 rings (SSSR count). The van der Waals surface area contributed by atoms with Crippen LogP contribution in [-0.2, 0) is 4.74 Å². The Hall–Kier alpha value is 0.757. The molecule has 4 heteroatoms. The Labute approximate surface area is 73.1 Å². The summed E-state index contributed by atoms with van der Waals surface area (Å²) < 4.78 is 5.39. The summed E-state index contributed by atoms with van der Waals surface area (Å²) in [7, 11) is 0. The van der Waals surface area contributed by atoms with E-state index in [2.05, 4.69) is 0 Å². The Morgan fingerprint density at radius 1 is 1.30 bits per heavy atom. The maximum atomic E-state index is 5.82. The molecular weight excluding hydrogens is 187 g/mol. The third-order valence-electron chi connectivity index (χ3n) is 0.759. The molecule has 0 aromatic carbocycles. The molecule has 0 unspecified atom stereocenters. The van der Waals surface area contributed by atoms with Gasteiger partial charge in [0, 0.05) is 0 Å². The molecule has 0 aliphatic carbocycles. The zero-order chi connectivity index (χ0) is 8.41. The molecule has 0 aliphatic rings. The Balaban J connectivity index is 3.56. The fourth-order valence-electron chi connectivity index (χ4n) is 0.343. The fourth-order valence-corrected chi connectivity index (χ4v) is 1.36. The molecule has 62 valence electrons. The summed E-state index contributed by atoms with van der Waals surface area (Å²) in [5.74, 6) is 0. The molecule has 1 nitrogen and oxygen atoms in total. The average molecular weight is 201 g/mol. The number of hydrogen-bond donors (Lipinski definition) is 0. The van der Waals surface area contributed by atoms with Crippen LogP contribution in [0, 0.1) is 0 Å². The van der Waals surface area contributed by atoms with E-state index in [1.165, 1.54) is 0 Å². The second-order valence-electron chi connectivity index (χ2n) is 3.47. The Bertz CT molecular complexity index is 89.3. The minimum atomic E-state index is -2.04. The third kappa shape index (κ3) is 8.76.